The van der Waals surface area contributed by atoms with Gasteiger partial charge < -0.3 is 5.73 Å². The van der Waals surface area contributed by atoms with E-state index in [0.29, 0.717) is 0 Å². The molecule has 2 aliphatic carbocycles. The minimum absolute atomic E-state index is 0.837. The molecule has 2 rings (SSSR count). The normalized spacial score (nSPS) is 24.4. The van der Waals surface area contributed by atoms with Crippen molar-refractivity contribution in [3.63, 3.8) is 0 Å². The predicted octanol–water partition coefficient (Wildman–Crippen LogP) is 1.99. The first-order valence-electron chi connectivity index (χ1n) is 6.34. The highest BCUT2D eigenvalue weighted by atomic mass is 15.2. The fraction of sp³-hybridized carbons (Fsp3) is 1.00. The van der Waals surface area contributed by atoms with Gasteiger partial charge in [0.2, 0.25) is 0 Å². The van der Waals surface area contributed by atoms with E-state index in [1.807, 2.05) is 0 Å². The van der Waals surface area contributed by atoms with Gasteiger partial charge >= 0.3 is 0 Å². The molecule has 0 aromatic carbocycles. The molecule has 0 unspecified atom stereocenters. The molecule has 2 N–H and O–H groups in total. The van der Waals surface area contributed by atoms with Crippen molar-refractivity contribution in [2.45, 2.75) is 51.0 Å². The molecule has 82 valence electrons. The van der Waals surface area contributed by atoms with Gasteiger partial charge in [0.1, 0.15) is 0 Å². The molecule has 0 atom stereocenters. The summed E-state index contributed by atoms with van der Waals surface area (Å²) in [5.41, 5.74) is 5.69. The van der Waals surface area contributed by atoms with E-state index < -0.39 is 0 Å². The van der Waals surface area contributed by atoms with Gasteiger partial charge in [0.05, 0.1) is 0 Å². The third-order valence-electron chi connectivity index (χ3n) is 3.70. The van der Waals surface area contributed by atoms with E-state index in [1.165, 1.54) is 51.5 Å². The van der Waals surface area contributed by atoms with Gasteiger partial charge in [0.15, 0.2) is 0 Å². The average molecular weight is 196 g/mol. The van der Waals surface area contributed by atoms with Gasteiger partial charge in [-0.2, -0.15) is 0 Å². The van der Waals surface area contributed by atoms with Crippen molar-refractivity contribution >= 4 is 0 Å². The Morgan fingerprint density at radius 3 is 2.29 bits per heavy atom. The molecule has 0 radical (unpaired) electrons. The van der Waals surface area contributed by atoms with E-state index in [0.717, 1.165) is 25.0 Å². The van der Waals surface area contributed by atoms with E-state index in [2.05, 4.69) is 4.90 Å². The van der Waals surface area contributed by atoms with Gasteiger partial charge in [0, 0.05) is 25.7 Å². The van der Waals surface area contributed by atoms with Crippen LogP contribution < -0.4 is 5.73 Å². The standard InChI is InChI=1S/C12H24N2/c13-8-9-14(10-11-6-7-11)12-4-2-1-3-5-12/h11-12H,1-10,13H2. The second-order valence-electron chi connectivity index (χ2n) is 5.02. The molecule has 14 heavy (non-hydrogen) atoms. The fourth-order valence-electron chi connectivity index (χ4n) is 2.67. The zero-order valence-electron chi connectivity index (χ0n) is 9.25. The Morgan fingerprint density at radius 2 is 1.71 bits per heavy atom. The lowest BCUT2D eigenvalue weighted by Gasteiger charge is -2.34. The first-order chi connectivity index (χ1) is 6.90. The molecular formula is C12H24N2. The summed E-state index contributed by atoms with van der Waals surface area (Å²) in [5, 5.41) is 0. The molecule has 0 bridgehead atoms. The van der Waals surface area contributed by atoms with Gasteiger partial charge in [-0.3, -0.25) is 4.90 Å². The molecule has 2 fully saturated rings. The zero-order valence-corrected chi connectivity index (χ0v) is 9.25. The molecule has 0 aromatic rings. The Balaban J connectivity index is 1.79. The van der Waals surface area contributed by atoms with E-state index in [1.54, 1.807) is 0 Å². The smallest absolute Gasteiger partial charge is 0.0108 e. The van der Waals surface area contributed by atoms with Crippen LogP contribution in [-0.2, 0) is 0 Å². The van der Waals surface area contributed by atoms with Crippen molar-refractivity contribution in [1.29, 1.82) is 0 Å². The summed E-state index contributed by atoms with van der Waals surface area (Å²) in [6.45, 7) is 3.30. The SMILES string of the molecule is NCCN(CC1CC1)C1CCCCC1. The summed E-state index contributed by atoms with van der Waals surface area (Å²) in [5.74, 6) is 1.02. The van der Waals surface area contributed by atoms with Crippen LogP contribution in [0, 0.1) is 5.92 Å². The minimum atomic E-state index is 0.837. The number of nitrogens with zero attached hydrogens (tertiary/aromatic N) is 1. The zero-order chi connectivity index (χ0) is 9.80. The van der Waals surface area contributed by atoms with Crippen LogP contribution in [0.2, 0.25) is 0 Å². The van der Waals surface area contributed by atoms with Gasteiger partial charge in [-0.1, -0.05) is 19.3 Å². The number of hydrogen-bond acceptors (Lipinski definition) is 2. The maximum atomic E-state index is 5.69. The fourth-order valence-corrected chi connectivity index (χ4v) is 2.67. The Labute approximate surface area is 87.8 Å². The Morgan fingerprint density at radius 1 is 1.00 bits per heavy atom. The number of hydrogen-bond donors (Lipinski definition) is 1. The molecule has 2 aliphatic rings. The van der Waals surface area contributed by atoms with Crippen molar-refractivity contribution in [3.8, 4) is 0 Å². The van der Waals surface area contributed by atoms with Crippen LogP contribution in [0.3, 0.4) is 0 Å². The highest BCUT2D eigenvalue weighted by Crippen LogP contribution is 2.32. The maximum Gasteiger partial charge on any atom is 0.0108 e. The lowest BCUT2D eigenvalue weighted by molar-refractivity contribution is 0.154. The second kappa shape index (κ2) is 5.13. The highest BCUT2D eigenvalue weighted by Gasteiger charge is 2.28. The van der Waals surface area contributed by atoms with Crippen molar-refractivity contribution < 1.29 is 0 Å². The summed E-state index contributed by atoms with van der Waals surface area (Å²) in [6, 6.07) is 0.868. The van der Waals surface area contributed by atoms with Crippen LogP contribution >= 0.6 is 0 Å². The average Bonchev–Trinajstić information content (AvgIpc) is 3.03. The molecule has 0 heterocycles. The third kappa shape index (κ3) is 2.96. The minimum Gasteiger partial charge on any atom is -0.329 e. The number of nitrogens with two attached hydrogens (primary N) is 1. The second-order valence-corrected chi connectivity index (χ2v) is 5.02. The monoisotopic (exact) mass is 196 g/mol. The van der Waals surface area contributed by atoms with Gasteiger partial charge in [-0.25, -0.2) is 0 Å². The van der Waals surface area contributed by atoms with Gasteiger partial charge in [0.25, 0.3) is 0 Å². The number of rotatable bonds is 5. The highest BCUT2D eigenvalue weighted by molar-refractivity contribution is 4.82. The molecule has 0 amide bonds. The molecule has 0 aliphatic heterocycles. The first-order valence-corrected chi connectivity index (χ1v) is 6.34. The van der Waals surface area contributed by atoms with Crippen LogP contribution in [0.4, 0.5) is 0 Å². The molecule has 2 nitrogen and oxygen atoms in total. The lowest BCUT2D eigenvalue weighted by Crippen LogP contribution is -2.41. The van der Waals surface area contributed by atoms with E-state index in [4.69, 9.17) is 5.73 Å². The van der Waals surface area contributed by atoms with Crippen LogP contribution in [0.25, 0.3) is 0 Å². The molecule has 0 spiro atoms. The van der Waals surface area contributed by atoms with E-state index in [-0.39, 0.29) is 0 Å². The van der Waals surface area contributed by atoms with Crippen LogP contribution in [0.1, 0.15) is 44.9 Å². The predicted molar refractivity (Wildman–Crippen MR) is 60.2 cm³/mol. The third-order valence-corrected chi connectivity index (χ3v) is 3.70. The van der Waals surface area contributed by atoms with Crippen molar-refractivity contribution in [2.75, 3.05) is 19.6 Å². The summed E-state index contributed by atoms with van der Waals surface area (Å²) >= 11 is 0. The first kappa shape index (κ1) is 10.4. The largest absolute Gasteiger partial charge is 0.329 e. The molecule has 2 saturated carbocycles. The van der Waals surface area contributed by atoms with Crippen LogP contribution in [0.15, 0.2) is 0 Å². The van der Waals surface area contributed by atoms with E-state index in [9.17, 15) is 0 Å². The molecule has 0 saturated heterocycles. The summed E-state index contributed by atoms with van der Waals surface area (Å²) in [7, 11) is 0. The van der Waals surface area contributed by atoms with Gasteiger partial charge in [-0.15, -0.1) is 0 Å². The quantitative estimate of drug-likeness (QED) is 0.728. The van der Waals surface area contributed by atoms with Crippen molar-refractivity contribution in [2.24, 2.45) is 11.7 Å². The summed E-state index contributed by atoms with van der Waals surface area (Å²) < 4.78 is 0. The Bertz CT molecular complexity index is 160. The maximum absolute atomic E-state index is 5.69. The summed E-state index contributed by atoms with van der Waals surface area (Å²) in [4.78, 5) is 2.68. The van der Waals surface area contributed by atoms with Gasteiger partial charge in [-0.05, 0) is 31.6 Å². The van der Waals surface area contributed by atoms with E-state index >= 15 is 0 Å². The molecule has 2 heteroatoms. The Hall–Kier alpha value is -0.0800. The topological polar surface area (TPSA) is 29.3 Å². The lowest BCUT2D eigenvalue weighted by atomic mass is 9.94. The van der Waals surface area contributed by atoms with Crippen molar-refractivity contribution in [1.82, 2.24) is 4.90 Å². The molecular weight excluding hydrogens is 172 g/mol. The van der Waals surface area contributed by atoms with Crippen molar-refractivity contribution in [3.05, 3.63) is 0 Å². The van der Waals surface area contributed by atoms with Crippen LogP contribution in [0.5, 0.6) is 0 Å². The Kier molecular flexibility index (Phi) is 3.82. The summed E-state index contributed by atoms with van der Waals surface area (Å²) in [6.07, 6.45) is 10.1. The molecule has 0 aromatic heterocycles. The van der Waals surface area contributed by atoms with Crippen LogP contribution in [-0.4, -0.2) is 30.6 Å².